The van der Waals surface area contributed by atoms with Crippen LogP contribution in [0, 0.1) is 13.8 Å². The van der Waals surface area contributed by atoms with Gasteiger partial charge in [-0.3, -0.25) is 0 Å². The third-order valence-electron chi connectivity index (χ3n) is 3.53. The Labute approximate surface area is 149 Å². The zero-order valence-electron chi connectivity index (χ0n) is 13.2. The SMILES string of the molecule is Cc1ccc(CSc2nnc(SCc3ccccc3)s2)cc1C. The molecule has 1 heterocycles. The van der Waals surface area contributed by atoms with Crippen molar-refractivity contribution >= 4 is 34.9 Å². The summed E-state index contributed by atoms with van der Waals surface area (Å²) in [6, 6.07) is 17.1. The van der Waals surface area contributed by atoms with Gasteiger partial charge in [0.15, 0.2) is 8.68 Å². The van der Waals surface area contributed by atoms with Crippen LogP contribution >= 0.6 is 34.9 Å². The van der Waals surface area contributed by atoms with Gasteiger partial charge in [-0.05, 0) is 36.1 Å². The lowest BCUT2D eigenvalue weighted by Crippen LogP contribution is -1.85. The minimum Gasteiger partial charge on any atom is -0.131 e. The molecule has 0 aliphatic carbocycles. The van der Waals surface area contributed by atoms with Gasteiger partial charge in [-0.25, -0.2) is 0 Å². The third kappa shape index (κ3) is 4.83. The van der Waals surface area contributed by atoms with E-state index in [0.717, 1.165) is 20.2 Å². The highest BCUT2D eigenvalue weighted by molar-refractivity contribution is 8.02. The molecule has 0 atom stereocenters. The molecule has 0 N–H and O–H groups in total. The van der Waals surface area contributed by atoms with Crippen molar-refractivity contribution in [3.8, 4) is 0 Å². The summed E-state index contributed by atoms with van der Waals surface area (Å²) in [7, 11) is 0. The van der Waals surface area contributed by atoms with E-state index in [9.17, 15) is 0 Å². The highest BCUT2D eigenvalue weighted by Crippen LogP contribution is 2.32. The Morgan fingerprint density at radius 1 is 0.783 bits per heavy atom. The Bertz CT molecular complexity index is 769. The lowest BCUT2D eigenvalue weighted by Gasteiger charge is -2.03. The topological polar surface area (TPSA) is 25.8 Å². The molecule has 1 aromatic heterocycles. The van der Waals surface area contributed by atoms with Gasteiger partial charge in [0, 0.05) is 11.5 Å². The van der Waals surface area contributed by atoms with Gasteiger partial charge in [0.05, 0.1) is 0 Å². The van der Waals surface area contributed by atoms with E-state index in [1.807, 2.05) is 6.07 Å². The molecule has 0 saturated heterocycles. The molecule has 0 aliphatic rings. The van der Waals surface area contributed by atoms with Gasteiger partial charge < -0.3 is 0 Å². The fourth-order valence-corrected chi connectivity index (χ4v) is 4.99. The first-order valence-electron chi connectivity index (χ1n) is 7.40. The largest absolute Gasteiger partial charge is 0.175 e. The highest BCUT2D eigenvalue weighted by atomic mass is 32.2. The molecule has 3 aromatic rings. The highest BCUT2D eigenvalue weighted by Gasteiger charge is 2.07. The average molecular weight is 359 g/mol. The second kappa shape index (κ2) is 7.99. The van der Waals surface area contributed by atoms with Crippen LogP contribution in [0.3, 0.4) is 0 Å². The molecule has 0 fully saturated rings. The summed E-state index contributed by atoms with van der Waals surface area (Å²) in [5, 5.41) is 8.58. The van der Waals surface area contributed by atoms with Gasteiger partial charge in [-0.2, -0.15) is 0 Å². The van der Waals surface area contributed by atoms with Gasteiger partial charge >= 0.3 is 0 Å². The standard InChI is InChI=1S/C18H18N2S3/c1-13-8-9-16(10-14(13)2)12-22-18-20-19-17(23-18)21-11-15-6-4-3-5-7-15/h3-10H,11-12H2,1-2H3. The molecule has 0 unspecified atom stereocenters. The van der Waals surface area contributed by atoms with E-state index >= 15 is 0 Å². The number of hydrogen-bond acceptors (Lipinski definition) is 5. The van der Waals surface area contributed by atoms with Gasteiger partial charge in [-0.15, -0.1) is 10.2 Å². The maximum absolute atomic E-state index is 4.29. The Kier molecular flexibility index (Phi) is 5.75. The third-order valence-corrected chi connectivity index (χ3v) is 6.86. The van der Waals surface area contributed by atoms with E-state index in [4.69, 9.17) is 0 Å². The predicted molar refractivity (Wildman–Crippen MR) is 101 cm³/mol. The van der Waals surface area contributed by atoms with Gasteiger partial charge in [0.2, 0.25) is 0 Å². The van der Waals surface area contributed by atoms with E-state index in [-0.39, 0.29) is 0 Å². The predicted octanol–water partition coefficient (Wildman–Crippen LogP) is 5.74. The summed E-state index contributed by atoms with van der Waals surface area (Å²) in [4.78, 5) is 0. The normalized spacial score (nSPS) is 10.9. The molecular weight excluding hydrogens is 340 g/mol. The van der Waals surface area contributed by atoms with E-state index < -0.39 is 0 Å². The summed E-state index contributed by atoms with van der Waals surface area (Å²) in [6.07, 6.45) is 0. The second-order valence-corrected chi connectivity index (χ2v) is 8.74. The van der Waals surface area contributed by atoms with E-state index in [0.29, 0.717) is 0 Å². The molecule has 0 amide bonds. The van der Waals surface area contributed by atoms with Crippen molar-refractivity contribution in [2.75, 3.05) is 0 Å². The molecule has 0 saturated carbocycles. The number of nitrogens with zero attached hydrogens (tertiary/aromatic N) is 2. The van der Waals surface area contributed by atoms with Crippen LogP contribution in [0.2, 0.25) is 0 Å². The van der Waals surface area contributed by atoms with E-state index in [1.165, 1.54) is 22.3 Å². The molecule has 0 spiro atoms. The van der Waals surface area contributed by atoms with Gasteiger partial charge in [0.1, 0.15) is 0 Å². The molecule has 5 heteroatoms. The van der Waals surface area contributed by atoms with Crippen LogP contribution in [0.1, 0.15) is 22.3 Å². The molecule has 0 bridgehead atoms. The first kappa shape index (κ1) is 16.6. The van der Waals surface area contributed by atoms with Crippen LogP contribution in [-0.4, -0.2) is 10.2 Å². The Morgan fingerprint density at radius 2 is 1.43 bits per heavy atom. The Balaban J connectivity index is 1.53. The number of aryl methyl sites for hydroxylation is 2. The monoisotopic (exact) mass is 358 g/mol. The van der Waals surface area contributed by atoms with Crippen molar-refractivity contribution in [3.63, 3.8) is 0 Å². The summed E-state index contributed by atoms with van der Waals surface area (Å²) >= 11 is 5.20. The summed E-state index contributed by atoms with van der Waals surface area (Å²) in [5.41, 5.74) is 5.34. The number of aromatic nitrogens is 2. The van der Waals surface area contributed by atoms with Crippen LogP contribution in [0.15, 0.2) is 57.2 Å². The van der Waals surface area contributed by atoms with Gasteiger partial charge in [0.25, 0.3) is 0 Å². The molecule has 118 valence electrons. The van der Waals surface area contributed by atoms with Crippen molar-refractivity contribution in [1.29, 1.82) is 0 Å². The maximum atomic E-state index is 4.29. The van der Waals surface area contributed by atoms with E-state index in [2.05, 4.69) is 66.5 Å². The minimum atomic E-state index is 0.942. The molecule has 3 rings (SSSR count). The van der Waals surface area contributed by atoms with Crippen LogP contribution < -0.4 is 0 Å². The molecule has 0 radical (unpaired) electrons. The van der Waals surface area contributed by atoms with Crippen molar-refractivity contribution in [3.05, 3.63) is 70.8 Å². The van der Waals surface area contributed by atoms with Crippen molar-refractivity contribution in [2.45, 2.75) is 34.0 Å². The molecule has 2 nitrogen and oxygen atoms in total. The van der Waals surface area contributed by atoms with Crippen molar-refractivity contribution in [1.82, 2.24) is 10.2 Å². The fraction of sp³-hybridized carbons (Fsp3) is 0.222. The molecule has 2 aromatic carbocycles. The summed E-state index contributed by atoms with van der Waals surface area (Å²) in [5.74, 6) is 1.89. The minimum absolute atomic E-state index is 0.942. The van der Waals surface area contributed by atoms with Crippen molar-refractivity contribution in [2.24, 2.45) is 0 Å². The van der Waals surface area contributed by atoms with Crippen LogP contribution in [-0.2, 0) is 11.5 Å². The zero-order chi connectivity index (χ0) is 16.1. The van der Waals surface area contributed by atoms with Gasteiger partial charge in [-0.1, -0.05) is 83.4 Å². The maximum Gasteiger partial charge on any atom is 0.175 e. The van der Waals surface area contributed by atoms with Crippen LogP contribution in [0.25, 0.3) is 0 Å². The lowest BCUT2D eigenvalue weighted by molar-refractivity contribution is 0.954. The fourth-order valence-electron chi connectivity index (χ4n) is 2.07. The zero-order valence-corrected chi connectivity index (χ0v) is 15.6. The van der Waals surface area contributed by atoms with E-state index in [1.54, 1.807) is 34.9 Å². The number of thioether (sulfide) groups is 2. The number of rotatable bonds is 6. The van der Waals surface area contributed by atoms with Crippen LogP contribution in [0.5, 0.6) is 0 Å². The van der Waals surface area contributed by atoms with Crippen LogP contribution in [0.4, 0.5) is 0 Å². The second-order valence-electron chi connectivity index (χ2n) is 5.32. The lowest BCUT2D eigenvalue weighted by atomic mass is 10.1. The Morgan fingerprint density at radius 3 is 2.09 bits per heavy atom. The quantitative estimate of drug-likeness (QED) is 0.525. The van der Waals surface area contributed by atoms with Crippen molar-refractivity contribution < 1.29 is 0 Å². The molecule has 23 heavy (non-hydrogen) atoms. The summed E-state index contributed by atoms with van der Waals surface area (Å²) < 4.78 is 2.08. The number of hydrogen-bond donors (Lipinski definition) is 0. The first-order valence-corrected chi connectivity index (χ1v) is 10.2. The smallest absolute Gasteiger partial charge is 0.131 e. The number of benzene rings is 2. The first-order chi connectivity index (χ1) is 11.2. The average Bonchev–Trinajstić information content (AvgIpc) is 3.03. The molecule has 0 aliphatic heterocycles. The summed E-state index contributed by atoms with van der Waals surface area (Å²) in [6.45, 7) is 4.31. The Hall–Kier alpha value is -1.30. The molecular formula is C18H18N2S3.